The highest BCUT2D eigenvalue weighted by Crippen LogP contribution is 2.19. The number of pyridine rings is 1. The molecule has 7 heteroatoms. The highest BCUT2D eigenvalue weighted by atomic mass is 127. The van der Waals surface area contributed by atoms with Crippen molar-refractivity contribution in [3.8, 4) is 0 Å². The van der Waals surface area contributed by atoms with Crippen LogP contribution in [0.3, 0.4) is 0 Å². The predicted molar refractivity (Wildman–Crippen MR) is 123 cm³/mol. The lowest BCUT2D eigenvalue weighted by atomic mass is 9.92. The van der Waals surface area contributed by atoms with Crippen molar-refractivity contribution in [1.82, 2.24) is 20.5 Å². The topological polar surface area (TPSA) is 61.8 Å². The van der Waals surface area contributed by atoms with Gasteiger partial charge in [-0.1, -0.05) is 32.8 Å². The summed E-state index contributed by atoms with van der Waals surface area (Å²) in [6, 6.07) is 6.44. The van der Waals surface area contributed by atoms with Crippen LogP contribution in [0.4, 0.5) is 0 Å². The number of nitrogens with one attached hydrogen (secondary N) is 2. The van der Waals surface area contributed by atoms with Crippen molar-refractivity contribution in [1.29, 1.82) is 0 Å². The van der Waals surface area contributed by atoms with Crippen molar-refractivity contribution >= 4 is 29.9 Å². The molecule has 1 unspecified atom stereocenters. The molecule has 6 nitrogen and oxygen atoms in total. The van der Waals surface area contributed by atoms with Crippen LogP contribution < -0.4 is 10.6 Å². The number of hydrogen-bond donors (Lipinski definition) is 2. The average Bonchev–Trinajstić information content (AvgIpc) is 2.70. The number of halogens is 1. The molecular weight excluding hydrogens is 453 g/mol. The quantitative estimate of drug-likeness (QED) is 0.318. The van der Waals surface area contributed by atoms with E-state index in [0.717, 1.165) is 51.0 Å². The van der Waals surface area contributed by atoms with Crippen molar-refractivity contribution in [2.75, 3.05) is 39.4 Å². The van der Waals surface area contributed by atoms with Gasteiger partial charge in [0.25, 0.3) is 0 Å². The molecule has 0 amide bonds. The standard InChI is InChI=1S/C20H35N5O.HI/c1-4-17(5-2)19(25-11-13-26-14-12-25)16-24-20(21-6-3)23-15-18-9-7-8-10-22-18;/h7-10,17,19H,4-6,11-16H2,1-3H3,(H2,21,23,24);1H. The maximum atomic E-state index is 5.54. The van der Waals surface area contributed by atoms with Gasteiger partial charge in [0.2, 0.25) is 0 Å². The second-order valence-electron chi connectivity index (χ2n) is 6.69. The molecule has 2 rings (SSSR count). The Labute approximate surface area is 181 Å². The second-order valence-corrected chi connectivity index (χ2v) is 6.69. The van der Waals surface area contributed by atoms with Crippen molar-refractivity contribution in [3.05, 3.63) is 30.1 Å². The van der Waals surface area contributed by atoms with Crippen LogP contribution in [0.25, 0.3) is 0 Å². The van der Waals surface area contributed by atoms with Crippen molar-refractivity contribution in [3.63, 3.8) is 0 Å². The minimum atomic E-state index is 0. The first-order valence-corrected chi connectivity index (χ1v) is 10.0. The first-order chi connectivity index (χ1) is 12.8. The lowest BCUT2D eigenvalue weighted by molar-refractivity contribution is 0.00272. The average molecular weight is 489 g/mol. The van der Waals surface area contributed by atoms with Gasteiger partial charge in [0.1, 0.15) is 0 Å². The van der Waals surface area contributed by atoms with Gasteiger partial charge in [-0.25, -0.2) is 4.99 Å². The Balaban J connectivity index is 0.00000364. The molecule has 27 heavy (non-hydrogen) atoms. The van der Waals surface area contributed by atoms with Gasteiger partial charge in [-0.2, -0.15) is 0 Å². The molecule has 1 aromatic heterocycles. The fourth-order valence-electron chi connectivity index (χ4n) is 3.53. The summed E-state index contributed by atoms with van der Waals surface area (Å²) < 4.78 is 5.54. The lowest BCUT2D eigenvalue weighted by Crippen LogP contribution is -2.53. The molecule has 2 heterocycles. The molecule has 0 aromatic carbocycles. The molecule has 2 N–H and O–H groups in total. The number of ether oxygens (including phenoxy) is 1. The zero-order chi connectivity index (χ0) is 18.6. The van der Waals surface area contributed by atoms with Crippen LogP contribution in [0.15, 0.2) is 29.4 Å². The van der Waals surface area contributed by atoms with Crippen LogP contribution in [0.1, 0.15) is 39.3 Å². The summed E-state index contributed by atoms with van der Waals surface area (Å²) in [5.41, 5.74) is 0.981. The number of hydrogen-bond acceptors (Lipinski definition) is 4. The fourth-order valence-corrected chi connectivity index (χ4v) is 3.53. The Morgan fingerprint density at radius 3 is 2.52 bits per heavy atom. The van der Waals surface area contributed by atoms with E-state index in [1.165, 1.54) is 12.8 Å². The number of aliphatic imine (C=N–C) groups is 1. The Morgan fingerprint density at radius 2 is 1.93 bits per heavy atom. The van der Waals surface area contributed by atoms with E-state index in [1.54, 1.807) is 0 Å². The maximum absolute atomic E-state index is 5.54. The minimum absolute atomic E-state index is 0. The molecule has 0 bridgehead atoms. The molecule has 0 radical (unpaired) electrons. The first kappa shape index (κ1) is 24.1. The normalized spacial score (nSPS) is 16.7. The van der Waals surface area contributed by atoms with Gasteiger partial charge in [0.15, 0.2) is 5.96 Å². The number of guanidine groups is 1. The molecule has 0 saturated carbocycles. The minimum Gasteiger partial charge on any atom is -0.379 e. The third-order valence-electron chi connectivity index (χ3n) is 5.06. The zero-order valence-corrected chi connectivity index (χ0v) is 19.3. The van der Waals surface area contributed by atoms with Gasteiger partial charge in [-0.15, -0.1) is 24.0 Å². The molecule has 1 aliphatic heterocycles. The summed E-state index contributed by atoms with van der Waals surface area (Å²) in [7, 11) is 0. The summed E-state index contributed by atoms with van der Waals surface area (Å²) in [6.45, 7) is 12.7. The van der Waals surface area contributed by atoms with E-state index in [0.29, 0.717) is 18.5 Å². The smallest absolute Gasteiger partial charge is 0.191 e. The largest absolute Gasteiger partial charge is 0.379 e. The van der Waals surface area contributed by atoms with Crippen LogP contribution in [-0.2, 0) is 11.3 Å². The number of aromatic nitrogens is 1. The highest BCUT2D eigenvalue weighted by molar-refractivity contribution is 14.0. The summed E-state index contributed by atoms with van der Waals surface area (Å²) in [5, 5.41) is 6.92. The Kier molecular flexibility index (Phi) is 12.6. The van der Waals surface area contributed by atoms with Crippen LogP contribution in [0.5, 0.6) is 0 Å². The van der Waals surface area contributed by atoms with E-state index in [2.05, 4.69) is 41.3 Å². The van der Waals surface area contributed by atoms with Crippen molar-refractivity contribution in [2.24, 2.45) is 10.9 Å². The van der Waals surface area contributed by atoms with E-state index in [9.17, 15) is 0 Å². The van der Waals surface area contributed by atoms with E-state index >= 15 is 0 Å². The summed E-state index contributed by atoms with van der Waals surface area (Å²) in [6.07, 6.45) is 4.20. The van der Waals surface area contributed by atoms with Gasteiger partial charge in [-0.3, -0.25) is 9.88 Å². The van der Waals surface area contributed by atoms with Crippen molar-refractivity contribution in [2.45, 2.75) is 46.2 Å². The molecule has 1 aliphatic rings. The van der Waals surface area contributed by atoms with E-state index < -0.39 is 0 Å². The molecule has 0 spiro atoms. The van der Waals surface area contributed by atoms with Gasteiger partial charge in [-0.05, 0) is 25.0 Å². The third kappa shape index (κ3) is 8.31. The summed E-state index contributed by atoms with van der Waals surface area (Å²) in [5.74, 6) is 1.54. The number of nitrogens with zero attached hydrogens (tertiary/aromatic N) is 3. The van der Waals surface area contributed by atoms with E-state index in [1.807, 2.05) is 24.4 Å². The molecule has 1 atom stereocenters. The number of rotatable bonds is 9. The third-order valence-corrected chi connectivity index (χ3v) is 5.06. The Bertz CT molecular complexity index is 518. The van der Waals surface area contributed by atoms with E-state index in [-0.39, 0.29) is 24.0 Å². The highest BCUT2D eigenvalue weighted by Gasteiger charge is 2.26. The fraction of sp³-hybridized carbons (Fsp3) is 0.700. The molecule has 154 valence electrons. The molecular formula is C20H36IN5O. The monoisotopic (exact) mass is 489 g/mol. The Hall–Kier alpha value is -0.930. The lowest BCUT2D eigenvalue weighted by Gasteiger charge is -2.39. The predicted octanol–water partition coefficient (Wildman–Crippen LogP) is 2.89. The van der Waals surface area contributed by atoms with Gasteiger partial charge in [0.05, 0.1) is 25.5 Å². The molecule has 1 aromatic rings. The zero-order valence-electron chi connectivity index (χ0n) is 17.0. The molecule has 1 saturated heterocycles. The second kappa shape index (κ2) is 14.1. The van der Waals surface area contributed by atoms with Gasteiger partial charge >= 0.3 is 0 Å². The van der Waals surface area contributed by atoms with Crippen LogP contribution >= 0.6 is 24.0 Å². The van der Waals surface area contributed by atoms with Crippen molar-refractivity contribution < 1.29 is 4.74 Å². The summed E-state index contributed by atoms with van der Waals surface area (Å²) in [4.78, 5) is 11.6. The Morgan fingerprint density at radius 1 is 1.19 bits per heavy atom. The van der Waals surface area contributed by atoms with Gasteiger partial charge < -0.3 is 15.4 Å². The van der Waals surface area contributed by atoms with Crippen LogP contribution in [0, 0.1) is 5.92 Å². The van der Waals surface area contributed by atoms with Gasteiger partial charge in [0, 0.05) is 38.4 Å². The summed E-state index contributed by atoms with van der Waals surface area (Å²) >= 11 is 0. The van der Waals surface area contributed by atoms with E-state index in [4.69, 9.17) is 9.73 Å². The first-order valence-electron chi connectivity index (χ1n) is 10.0. The van der Waals surface area contributed by atoms with Crippen LogP contribution in [-0.4, -0.2) is 61.3 Å². The molecule has 0 aliphatic carbocycles. The number of morpholine rings is 1. The maximum Gasteiger partial charge on any atom is 0.191 e. The SMILES string of the molecule is CCNC(=NCc1ccccn1)NCC(C(CC)CC)N1CCOCC1.I. The van der Waals surface area contributed by atoms with Crippen LogP contribution in [0.2, 0.25) is 0 Å². The molecule has 1 fully saturated rings.